The third-order valence-electron chi connectivity index (χ3n) is 4.43. The van der Waals surface area contributed by atoms with E-state index in [4.69, 9.17) is 4.74 Å². The van der Waals surface area contributed by atoms with E-state index < -0.39 is 0 Å². The maximum atomic E-state index is 12.4. The fraction of sp³-hybridized carbons (Fsp3) is 0.450. The molecule has 3 heterocycles. The van der Waals surface area contributed by atoms with Gasteiger partial charge < -0.3 is 9.14 Å². The van der Waals surface area contributed by atoms with Gasteiger partial charge in [0, 0.05) is 25.1 Å². The first-order valence-corrected chi connectivity index (χ1v) is 10.3. The van der Waals surface area contributed by atoms with Crippen LogP contribution in [0.5, 0.6) is 5.75 Å². The molecule has 0 atom stereocenters. The third-order valence-corrected chi connectivity index (χ3v) is 5.38. The van der Waals surface area contributed by atoms with Crippen molar-refractivity contribution < 1.29 is 14.3 Å². The topological polar surface area (TPSA) is 63.9 Å². The summed E-state index contributed by atoms with van der Waals surface area (Å²) in [6.45, 7) is 3.11. The summed E-state index contributed by atoms with van der Waals surface area (Å²) in [5, 5.41) is -0.162. The van der Waals surface area contributed by atoms with E-state index in [1.165, 1.54) is 4.90 Å². The van der Waals surface area contributed by atoms with Crippen LogP contribution in [-0.2, 0) is 4.79 Å². The van der Waals surface area contributed by atoms with Crippen LogP contribution < -0.4 is 4.74 Å². The molecule has 1 saturated heterocycles. The van der Waals surface area contributed by atoms with Crippen molar-refractivity contribution in [3.63, 3.8) is 0 Å². The fourth-order valence-corrected chi connectivity index (χ4v) is 3.82. The number of imidazole rings is 1. The molecule has 2 aromatic heterocycles. The monoisotopic (exact) mass is 423 g/mol. The van der Waals surface area contributed by atoms with E-state index in [1.807, 2.05) is 35.0 Å². The lowest BCUT2D eigenvalue weighted by Crippen LogP contribution is -2.29. The summed E-state index contributed by atoms with van der Waals surface area (Å²) < 4.78 is 7.71. The van der Waals surface area contributed by atoms with Crippen molar-refractivity contribution in [2.45, 2.75) is 45.4 Å². The minimum Gasteiger partial charge on any atom is -0.490 e. The number of fused-ring (bicyclic) bond motifs is 1. The number of nitrogens with zero attached hydrogens (tertiary/aromatic N) is 3. The number of hydrogen-bond acceptors (Lipinski definition) is 5. The van der Waals surface area contributed by atoms with Crippen molar-refractivity contribution in [1.29, 1.82) is 0 Å². The van der Waals surface area contributed by atoms with Crippen molar-refractivity contribution in [2.24, 2.45) is 0 Å². The second kappa shape index (κ2) is 11.1. The van der Waals surface area contributed by atoms with E-state index in [1.54, 1.807) is 6.20 Å². The number of unbranched alkanes of at least 4 members (excludes halogenated alkanes) is 4. The van der Waals surface area contributed by atoms with Gasteiger partial charge in [0.2, 0.25) is 0 Å². The minimum absolute atomic E-state index is 0. The molecule has 0 aromatic carbocycles. The highest BCUT2D eigenvalue weighted by Crippen LogP contribution is 2.31. The van der Waals surface area contributed by atoms with Gasteiger partial charge in [0.15, 0.2) is 11.4 Å². The first-order chi connectivity index (χ1) is 13.2. The lowest BCUT2D eigenvalue weighted by Gasteiger charge is -2.12. The average molecular weight is 424 g/mol. The molecule has 3 rings (SSSR count). The van der Waals surface area contributed by atoms with Gasteiger partial charge in [-0.05, 0) is 49.6 Å². The van der Waals surface area contributed by atoms with Gasteiger partial charge in [0.25, 0.3) is 11.1 Å². The van der Waals surface area contributed by atoms with E-state index in [9.17, 15) is 9.59 Å². The van der Waals surface area contributed by atoms with Gasteiger partial charge in [-0.1, -0.05) is 25.8 Å². The number of carbonyl (C=O) groups is 2. The summed E-state index contributed by atoms with van der Waals surface area (Å²) in [6, 6.07) is 3.80. The van der Waals surface area contributed by atoms with E-state index >= 15 is 0 Å². The number of allylic oxidation sites excluding steroid dienone is 1. The van der Waals surface area contributed by atoms with Crippen LogP contribution in [0.4, 0.5) is 4.79 Å². The predicted molar refractivity (Wildman–Crippen MR) is 114 cm³/mol. The summed E-state index contributed by atoms with van der Waals surface area (Å²) in [4.78, 5) is 30.6. The molecule has 1 aliphatic rings. The highest BCUT2D eigenvalue weighted by atomic mass is 35.5. The molecular weight excluding hydrogens is 398 g/mol. The van der Waals surface area contributed by atoms with Gasteiger partial charge >= 0.3 is 0 Å². The number of amides is 2. The molecule has 0 aliphatic carbocycles. The van der Waals surface area contributed by atoms with Crippen molar-refractivity contribution in [3.8, 4) is 5.75 Å². The molecule has 28 heavy (non-hydrogen) atoms. The van der Waals surface area contributed by atoms with Crippen molar-refractivity contribution in [1.82, 2.24) is 14.3 Å². The Hall–Kier alpha value is -1.99. The Labute approximate surface area is 175 Å². The minimum atomic E-state index is -0.162. The molecule has 0 saturated carbocycles. The Kier molecular flexibility index (Phi) is 8.86. The lowest BCUT2D eigenvalue weighted by molar-refractivity contribution is -0.122. The van der Waals surface area contributed by atoms with E-state index in [2.05, 4.69) is 11.9 Å². The van der Waals surface area contributed by atoms with Gasteiger partial charge in [0.05, 0.1) is 11.5 Å². The normalized spacial score (nSPS) is 15.5. The highest BCUT2D eigenvalue weighted by molar-refractivity contribution is 8.18. The van der Waals surface area contributed by atoms with Crippen LogP contribution in [0, 0.1) is 0 Å². The second-order valence-corrected chi connectivity index (χ2v) is 7.47. The molecule has 1 fully saturated rings. The Balaban J connectivity index is 0.00000280. The second-order valence-electron chi connectivity index (χ2n) is 6.48. The van der Waals surface area contributed by atoms with Gasteiger partial charge in [-0.2, -0.15) is 0 Å². The third kappa shape index (κ3) is 5.52. The first-order valence-electron chi connectivity index (χ1n) is 9.49. The van der Waals surface area contributed by atoms with Crippen LogP contribution in [0.1, 0.15) is 45.4 Å². The first kappa shape index (κ1) is 22.3. The van der Waals surface area contributed by atoms with Gasteiger partial charge in [-0.3, -0.25) is 14.5 Å². The summed E-state index contributed by atoms with van der Waals surface area (Å²) in [5.74, 6) is 0.591. The number of rotatable bonds is 10. The fourth-order valence-electron chi connectivity index (χ4n) is 2.95. The van der Waals surface area contributed by atoms with E-state index in [0.717, 1.165) is 61.7 Å². The summed E-state index contributed by atoms with van der Waals surface area (Å²) in [6.07, 6.45) is 13.1. The van der Waals surface area contributed by atoms with Crippen LogP contribution in [-0.4, -0.2) is 38.6 Å². The number of thioether (sulfide) groups is 1. The van der Waals surface area contributed by atoms with E-state index in [0.29, 0.717) is 18.1 Å². The Morgan fingerprint density at radius 2 is 2.04 bits per heavy atom. The van der Waals surface area contributed by atoms with Gasteiger partial charge in [-0.15, -0.1) is 12.4 Å². The quantitative estimate of drug-likeness (QED) is 0.394. The highest BCUT2D eigenvalue weighted by Gasteiger charge is 2.34. The van der Waals surface area contributed by atoms with Gasteiger partial charge in [0.1, 0.15) is 0 Å². The number of ether oxygens (including phenoxy) is 1. The molecule has 1 aliphatic heterocycles. The van der Waals surface area contributed by atoms with Crippen LogP contribution in [0.3, 0.4) is 0 Å². The number of hydrogen-bond donors (Lipinski definition) is 0. The zero-order valence-electron chi connectivity index (χ0n) is 16.0. The van der Waals surface area contributed by atoms with Crippen molar-refractivity contribution >= 4 is 41.0 Å². The maximum absolute atomic E-state index is 12.4. The van der Waals surface area contributed by atoms with Crippen LogP contribution >= 0.6 is 24.2 Å². The smallest absolute Gasteiger partial charge is 0.293 e. The molecule has 0 bridgehead atoms. The molecule has 0 radical (unpaired) electrons. The van der Waals surface area contributed by atoms with Crippen molar-refractivity contribution in [3.05, 3.63) is 41.7 Å². The zero-order chi connectivity index (χ0) is 19.1. The number of imide groups is 1. The zero-order valence-corrected chi connectivity index (χ0v) is 17.6. The Morgan fingerprint density at radius 3 is 2.86 bits per heavy atom. The maximum Gasteiger partial charge on any atom is 0.293 e. The summed E-state index contributed by atoms with van der Waals surface area (Å²) in [7, 11) is 0. The molecule has 8 heteroatoms. The summed E-state index contributed by atoms with van der Waals surface area (Å²) >= 11 is 1.06. The van der Waals surface area contributed by atoms with E-state index in [-0.39, 0.29) is 23.6 Å². The molecule has 6 nitrogen and oxygen atoms in total. The molecular formula is C20H26ClN3O3S. The van der Waals surface area contributed by atoms with Crippen molar-refractivity contribution in [2.75, 3.05) is 13.2 Å². The van der Waals surface area contributed by atoms with Crippen LogP contribution in [0.25, 0.3) is 5.65 Å². The largest absolute Gasteiger partial charge is 0.490 e. The number of aromatic nitrogens is 2. The molecule has 152 valence electrons. The average Bonchev–Trinajstić information content (AvgIpc) is 3.25. The Morgan fingerprint density at radius 1 is 1.18 bits per heavy atom. The number of pyridine rings is 1. The van der Waals surface area contributed by atoms with Crippen LogP contribution in [0.2, 0.25) is 0 Å². The standard InChI is InChI=1S/C20H25N3O3S.ClH/c1-2-3-4-5-10-17-19(24)23(20(25)27-17)13-6-7-15-26-16-9-8-12-22-14-11-21-18(16)22;/h8-12,14H,2-7,13,15H2,1H3;1H. The molecule has 0 spiro atoms. The summed E-state index contributed by atoms with van der Waals surface area (Å²) in [5.41, 5.74) is 0.789. The molecule has 2 aromatic rings. The molecule has 2 amide bonds. The number of halogens is 1. The lowest BCUT2D eigenvalue weighted by atomic mass is 10.2. The predicted octanol–water partition coefficient (Wildman–Crippen LogP) is 5.07. The molecule has 0 unspecified atom stereocenters. The SMILES string of the molecule is CCCCCC=C1SC(=O)N(CCCCOc2cccn3ccnc23)C1=O.Cl. The number of carbonyl (C=O) groups excluding carboxylic acids is 2. The molecule has 0 N–H and O–H groups in total. The van der Waals surface area contributed by atoms with Crippen LogP contribution in [0.15, 0.2) is 41.7 Å². The Bertz CT molecular complexity index is 837. The van der Waals surface area contributed by atoms with Gasteiger partial charge in [-0.25, -0.2) is 4.98 Å².